The maximum Gasteiger partial charge on any atom is 0.0102 e. The van der Waals surface area contributed by atoms with Crippen LogP contribution in [0.4, 0.5) is 0 Å². The monoisotopic (exact) mass is 186 g/mol. The summed E-state index contributed by atoms with van der Waals surface area (Å²) in [7, 11) is 4.24. The van der Waals surface area contributed by atoms with E-state index in [0.29, 0.717) is 12.0 Å². The Kier molecular flexibility index (Phi) is 6.35. The minimum Gasteiger partial charge on any atom is -0.319 e. The highest BCUT2D eigenvalue weighted by Gasteiger charge is 2.16. The Morgan fingerprint density at radius 1 is 1.15 bits per heavy atom. The molecule has 2 nitrogen and oxygen atoms in total. The zero-order chi connectivity index (χ0) is 10.4. The lowest BCUT2D eigenvalue weighted by Crippen LogP contribution is -2.40. The standard InChI is InChI=1S/C11H26N2/c1-9(2)8-13(6)11(4)10(3)7-12-5/h9-12H,7-8H2,1-6H3. The second-order valence-corrected chi connectivity index (χ2v) is 4.61. The van der Waals surface area contributed by atoms with Gasteiger partial charge in [-0.15, -0.1) is 0 Å². The summed E-state index contributed by atoms with van der Waals surface area (Å²) < 4.78 is 0. The van der Waals surface area contributed by atoms with Crippen LogP contribution >= 0.6 is 0 Å². The molecule has 0 heterocycles. The van der Waals surface area contributed by atoms with Gasteiger partial charge < -0.3 is 10.2 Å². The van der Waals surface area contributed by atoms with Gasteiger partial charge in [0.25, 0.3) is 0 Å². The second-order valence-electron chi connectivity index (χ2n) is 4.61. The van der Waals surface area contributed by atoms with E-state index < -0.39 is 0 Å². The molecule has 0 aromatic rings. The van der Waals surface area contributed by atoms with E-state index in [1.807, 2.05) is 7.05 Å². The van der Waals surface area contributed by atoms with E-state index in [9.17, 15) is 0 Å². The van der Waals surface area contributed by atoms with Crippen molar-refractivity contribution in [2.75, 3.05) is 27.2 Å². The van der Waals surface area contributed by atoms with Crippen molar-refractivity contribution in [2.24, 2.45) is 11.8 Å². The summed E-state index contributed by atoms with van der Waals surface area (Å²) in [6, 6.07) is 0.662. The molecule has 2 heteroatoms. The summed E-state index contributed by atoms with van der Waals surface area (Å²) in [5.74, 6) is 1.47. The molecular formula is C11H26N2. The minimum atomic E-state index is 0.662. The maximum atomic E-state index is 3.23. The summed E-state index contributed by atoms with van der Waals surface area (Å²) in [5.41, 5.74) is 0. The number of hydrogen-bond acceptors (Lipinski definition) is 2. The van der Waals surface area contributed by atoms with Crippen LogP contribution in [0.15, 0.2) is 0 Å². The van der Waals surface area contributed by atoms with E-state index in [1.54, 1.807) is 0 Å². The van der Waals surface area contributed by atoms with E-state index in [4.69, 9.17) is 0 Å². The van der Waals surface area contributed by atoms with Gasteiger partial charge in [0.2, 0.25) is 0 Å². The number of nitrogens with zero attached hydrogens (tertiary/aromatic N) is 1. The van der Waals surface area contributed by atoms with Crippen molar-refractivity contribution >= 4 is 0 Å². The Hall–Kier alpha value is -0.0800. The molecule has 0 bridgehead atoms. The molecule has 0 fully saturated rings. The third-order valence-electron chi connectivity index (χ3n) is 2.70. The third-order valence-corrected chi connectivity index (χ3v) is 2.70. The highest BCUT2D eigenvalue weighted by atomic mass is 15.1. The van der Waals surface area contributed by atoms with Crippen LogP contribution in [-0.2, 0) is 0 Å². The number of nitrogens with one attached hydrogen (secondary N) is 1. The van der Waals surface area contributed by atoms with E-state index in [0.717, 1.165) is 12.5 Å². The molecule has 0 aliphatic carbocycles. The Morgan fingerprint density at radius 2 is 1.69 bits per heavy atom. The molecule has 0 aliphatic heterocycles. The van der Waals surface area contributed by atoms with Crippen molar-refractivity contribution in [3.05, 3.63) is 0 Å². The van der Waals surface area contributed by atoms with Crippen molar-refractivity contribution in [3.63, 3.8) is 0 Å². The quantitative estimate of drug-likeness (QED) is 0.680. The molecule has 0 saturated heterocycles. The summed E-state index contributed by atoms with van der Waals surface area (Å²) in [6.45, 7) is 11.4. The Balaban J connectivity index is 3.85. The smallest absolute Gasteiger partial charge is 0.0102 e. The Bertz CT molecular complexity index is 123. The van der Waals surface area contributed by atoms with Crippen molar-refractivity contribution in [1.29, 1.82) is 0 Å². The van der Waals surface area contributed by atoms with Crippen molar-refractivity contribution < 1.29 is 0 Å². The molecule has 13 heavy (non-hydrogen) atoms. The molecule has 0 radical (unpaired) electrons. The second kappa shape index (κ2) is 6.39. The Labute approximate surface area is 83.7 Å². The lowest BCUT2D eigenvalue weighted by atomic mass is 10.0. The fourth-order valence-corrected chi connectivity index (χ4v) is 1.67. The summed E-state index contributed by atoms with van der Waals surface area (Å²) in [5, 5.41) is 3.23. The number of hydrogen-bond donors (Lipinski definition) is 1. The van der Waals surface area contributed by atoms with Gasteiger partial charge in [-0.1, -0.05) is 20.8 Å². The largest absolute Gasteiger partial charge is 0.319 e. The summed E-state index contributed by atoms with van der Waals surface area (Å²) >= 11 is 0. The maximum absolute atomic E-state index is 3.23. The molecule has 0 spiro atoms. The third kappa shape index (κ3) is 5.27. The molecule has 0 aliphatic rings. The molecular weight excluding hydrogens is 160 g/mol. The van der Waals surface area contributed by atoms with Crippen LogP contribution < -0.4 is 5.32 Å². The molecule has 80 valence electrons. The highest BCUT2D eigenvalue weighted by molar-refractivity contribution is 4.72. The molecule has 0 amide bonds. The fourth-order valence-electron chi connectivity index (χ4n) is 1.67. The first-order valence-electron chi connectivity index (χ1n) is 5.33. The van der Waals surface area contributed by atoms with Crippen molar-refractivity contribution in [2.45, 2.75) is 33.7 Å². The summed E-state index contributed by atoms with van der Waals surface area (Å²) in [4.78, 5) is 2.45. The first-order chi connectivity index (χ1) is 5.99. The molecule has 2 atom stereocenters. The van der Waals surface area contributed by atoms with Crippen LogP contribution in [-0.4, -0.2) is 38.1 Å². The lowest BCUT2D eigenvalue weighted by molar-refractivity contribution is 0.179. The van der Waals surface area contributed by atoms with Gasteiger partial charge in [0.05, 0.1) is 0 Å². The van der Waals surface area contributed by atoms with E-state index in [2.05, 4.69) is 45.0 Å². The van der Waals surface area contributed by atoms with Gasteiger partial charge in [0.1, 0.15) is 0 Å². The molecule has 0 saturated carbocycles. The van der Waals surface area contributed by atoms with Crippen LogP contribution in [0.5, 0.6) is 0 Å². The van der Waals surface area contributed by atoms with Gasteiger partial charge in [-0.25, -0.2) is 0 Å². The average molecular weight is 186 g/mol. The van der Waals surface area contributed by atoms with Gasteiger partial charge in [0, 0.05) is 12.6 Å². The fraction of sp³-hybridized carbons (Fsp3) is 1.00. The first-order valence-corrected chi connectivity index (χ1v) is 5.33. The zero-order valence-corrected chi connectivity index (χ0v) is 10.1. The zero-order valence-electron chi connectivity index (χ0n) is 10.1. The van der Waals surface area contributed by atoms with Crippen molar-refractivity contribution in [3.8, 4) is 0 Å². The molecule has 1 N–H and O–H groups in total. The molecule has 2 unspecified atom stereocenters. The van der Waals surface area contributed by atoms with Gasteiger partial charge in [-0.05, 0) is 39.4 Å². The highest BCUT2D eigenvalue weighted by Crippen LogP contribution is 2.09. The molecule has 0 aromatic carbocycles. The van der Waals surface area contributed by atoms with Gasteiger partial charge in [0.15, 0.2) is 0 Å². The van der Waals surface area contributed by atoms with Gasteiger partial charge in [-0.2, -0.15) is 0 Å². The molecule has 0 aromatic heterocycles. The predicted molar refractivity (Wildman–Crippen MR) is 60.0 cm³/mol. The Morgan fingerprint density at radius 3 is 2.08 bits per heavy atom. The predicted octanol–water partition coefficient (Wildman–Crippen LogP) is 1.82. The van der Waals surface area contributed by atoms with Crippen LogP contribution in [0.1, 0.15) is 27.7 Å². The van der Waals surface area contributed by atoms with Crippen molar-refractivity contribution in [1.82, 2.24) is 10.2 Å². The van der Waals surface area contributed by atoms with E-state index in [-0.39, 0.29) is 0 Å². The lowest BCUT2D eigenvalue weighted by Gasteiger charge is -2.31. The van der Waals surface area contributed by atoms with Crippen LogP contribution in [0.25, 0.3) is 0 Å². The summed E-state index contributed by atoms with van der Waals surface area (Å²) in [6.07, 6.45) is 0. The van der Waals surface area contributed by atoms with E-state index >= 15 is 0 Å². The van der Waals surface area contributed by atoms with Gasteiger partial charge in [-0.3, -0.25) is 0 Å². The minimum absolute atomic E-state index is 0.662. The molecule has 0 rings (SSSR count). The number of rotatable bonds is 6. The first kappa shape index (κ1) is 12.9. The van der Waals surface area contributed by atoms with E-state index in [1.165, 1.54) is 6.54 Å². The normalized spacial score (nSPS) is 16.6. The van der Waals surface area contributed by atoms with Crippen LogP contribution in [0.3, 0.4) is 0 Å². The van der Waals surface area contributed by atoms with Gasteiger partial charge >= 0.3 is 0 Å². The SMILES string of the molecule is CNCC(C)C(C)N(C)CC(C)C. The van der Waals surface area contributed by atoms with Crippen LogP contribution in [0, 0.1) is 11.8 Å². The van der Waals surface area contributed by atoms with Crippen LogP contribution in [0.2, 0.25) is 0 Å². The average Bonchev–Trinajstić information content (AvgIpc) is 2.02. The topological polar surface area (TPSA) is 15.3 Å².